The Kier molecular flexibility index (Phi) is 3.48. The van der Waals surface area contributed by atoms with Crippen molar-refractivity contribution in [1.29, 1.82) is 5.41 Å². The van der Waals surface area contributed by atoms with E-state index in [9.17, 15) is 0 Å². The Labute approximate surface area is 48.4 Å². The summed E-state index contributed by atoms with van der Waals surface area (Å²) in [5.41, 5.74) is 5.53. The molecular formula is C5H9N3. The molecule has 0 fully saturated rings. The second-order valence-electron chi connectivity index (χ2n) is 1.18. The predicted octanol–water partition coefficient (Wildman–Crippen LogP) is 0.527. The molecule has 3 heteroatoms. The van der Waals surface area contributed by atoms with Crippen LogP contribution in [0.1, 0.15) is 6.92 Å². The van der Waals surface area contributed by atoms with Crippen LogP contribution < -0.4 is 5.73 Å². The predicted molar refractivity (Wildman–Crippen MR) is 35.2 cm³/mol. The standard InChI is InChI=1S/C5H9N3/c1-2-8-4-5(7)3-6/h2-4,6H,7H2,1H3/b5-4+,6-3?,8-2?. The van der Waals surface area contributed by atoms with E-state index in [2.05, 4.69) is 4.99 Å². The number of hydrogen-bond acceptors (Lipinski definition) is 3. The largest absolute Gasteiger partial charge is 0.396 e. The minimum Gasteiger partial charge on any atom is -0.396 e. The van der Waals surface area contributed by atoms with Crippen molar-refractivity contribution in [1.82, 2.24) is 0 Å². The van der Waals surface area contributed by atoms with E-state index in [1.54, 1.807) is 13.1 Å². The third kappa shape index (κ3) is 3.08. The highest BCUT2D eigenvalue weighted by atomic mass is 14.7. The van der Waals surface area contributed by atoms with Gasteiger partial charge in [0.15, 0.2) is 0 Å². The number of aliphatic imine (C=N–C) groups is 1. The van der Waals surface area contributed by atoms with Crippen LogP contribution in [0, 0.1) is 5.41 Å². The minimum absolute atomic E-state index is 0.364. The van der Waals surface area contributed by atoms with Gasteiger partial charge in [0.05, 0.1) is 11.9 Å². The maximum Gasteiger partial charge on any atom is 0.0678 e. The smallest absolute Gasteiger partial charge is 0.0678 e. The topological polar surface area (TPSA) is 62.2 Å². The summed E-state index contributed by atoms with van der Waals surface area (Å²) in [5.74, 6) is 0. The highest BCUT2D eigenvalue weighted by molar-refractivity contribution is 5.74. The number of nitrogens with zero attached hydrogens (tertiary/aromatic N) is 1. The molecule has 0 amide bonds. The van der Waals surface area contributed by atoms with Gasteiger partial charge in [0.2, 0.25) is 0 Å². The van der Waals surface area contributed by atoms with E-state index in [4.69, 9.17) is 11.1 Å². The second kappa shape index (κ2) is 4.05. The van der Waals surface area contributed by atoms with Gasteiger partial charge in [-0.15, -0.1) is 0 Å². The summed E-state index contributed by atoms with van der Waals surface area (Å²) in [7, 11) is 0. The third-order valence-electron chi connectivity index (χ3n) is 0.539. The van der Waals surface area contributed by atoms with Crippen LogP contribution >= 0.6 is 0 Å². The Bertz CT molecular complexity index is 124. The summed E-state index contributed by atoms with van der Waals surface area (Å²) in [6, 6.07) is 0. The van der Waals surface area contributed by atoms with Gasteiger partial charge in [-0.05, 0) is 6.92 Å². The fourth-order valence-corrected chi connectivity index (χ4v) is 0.198. The minimum atomic E-state index is 0.364. The third-order valence-corrected chi connectivity index (χ3v) is 0.539. The first kappa shape index (κ1) is 6.88. The van der Waals surface area contributed by atoms with Crippen LogP contribution in [0.2, 0.25) is 0 Å². The van der Waals surface area contributed by atoms with Crippen molar-refractivity contribution in [2.75, 3.05) is 0 Å². The molecule has 0 aliphatic rings. The monoisotopic (exact) mass is 111 g/mol. The van der Waals surface area contributed by atoms with Crippen LogP contribution in [0.3, 0.4) is 0 Å². The van der Waals surface area contributed by atoms with Crippen LogP contribution in [-0.2, 0) is 0 Å². The number of nitrogens with one attached hydrogen (secondary N) is 1. The number of allylic oxidation sites excluding steroid dienone is 1. The van der Waals surface area contributed by atoms with E-state index in [0.29, 0.717) is 5.70 Å². The molecule has 0 atom stereocenters. The first-order valence-electron chi connectivity index (χ1n) is 2.25. The van der Waals surface area contributed by atoms with Gasteiger partial charge in [-0.2, -0.15) is 0 Å². The van der Waals surface area contributed by atoms with Gasteiger partial charge >= 0.3 is 0 Å². The molecule has 0 spiro atoms. The first-order valence-corrected chi connectivity index (χ1v) is 2.25. The number of hydrogen-bond donors (Lipinski definition) is 2. The zero-order valence-corrected chi connectivity index (χ0v) is 4.76. The van der Waals surface area contributed by atoms with Crippen LogP contribution in [-0.4, -0.2) is 12.4 Å². The van der Waals surface area contributed by atoms with Crippen molar-refractivity contribution in [2.24, 2.45) is 10.7 Å². The summed E-state index contributed by atoms with van der Waals surface area (Å²) in [6.07, 6.45) is 4.08. The normalized spacial score (nSPS) is 12.4. The molecular weight excluding hydrogens is 102 g/mol. The summed E-state index contributed by atoms with van der Waals surface area (Å²) < 4.78 is 0. The van der Waals surface area contributed by atoms with E-state index >= 15 is 0 Å². The number of rotatable bonds is 2. The van der Waals surface area contributed by atoms with Crippen molar-refractivity contribution >= 4 is 12.4 Å². The van der Waals surface area contributed by atoms with Crippen LogP contribution in [0.4, 0.5) is 0 Å². The molecule has 3 N–H and O–H groups in total. The molecule has 0 rings (SSSR count). The van der Waals surface area contributed by atoms with Crippen LogP contribution in [0.15, 0.2) is 16.9 Å². The van der Waals surface area contributed by atoms with Crippen molar-refractivity contribution in [3.05, 3.63) is 11.9 Å². The van der Waals surface area contributed by atoms with Crippen molar-refractivity contribution < 1.29 is 0 Å². The SMILES string of the molecule is CC=N/C=C(/N)C=N. The molecule has 0 radical (unpaired) electrons. The number of nitrogens with two attached hydrogens (primary N) is 1. The zero-order chi connectivity index (χ0) is 6.41. The molecule has 0 aromatic heterocycles. The van der Waals surface area contributed by atoms with E-state index < -0.39 is 0 Å². The molecule has 0 bridgehead atoms. The molecule has 0 saturated carbocycles. The highest BCUT2D eigenvalue weighted by Crippen LogP contribution is 1.75. The van der Waals surface area contributed by atoms with Gasteiger partial charge in [-0.25, -0.2) is 0 Å². The van der Waals surface area contributed by atoms with Crippen LogP contribution in [0.25, 0.3) is 0 Å². The van der Waals surface area contributed by atoms with Crippen molar-refractivity contribution in [3.63, 3.8) is 0 Å². The Morgan fingerprint density at radius 3 is 2.75 bits per heavy atom. The Balaban J connectivity index is 3.74. The van der Waals surface area contributed by atoms with Crippen molar-refractivity contribution in [3.8, 4) is 0 Å². The molecule has 0 aromatic rings. The van der Waals surface area contributed by atoms with E-state index in [-0.39, 0.29) is 0 Å². The lowest BCUT2D eigenvalue weighted by Crippen LogP contribution is -1.95. The molecule has 8 heavy (non-hydrogen) atoms. The average Bonchev–Trinajstić information content (AvgIpc) is 1.83. The lowest BCUT2D eigenvalue weighted by atomic mass is 10.5. The van der Waals surface area contributed by atoms with Gasteiger partial charge in [-0.3, -0.25) is 4.99 Å². The first-order chi connectivity index (χ1) is 3.81. The molecule has 3 nitrogen and oxygen atoms in total. The summed E-state index contributed by atoms with van der Waals surface area (Å²) in [6.45, 7) is 1.79. The molecule has 0 aliphatic heterocycles. The molecule has 0 saturated heterocycles. The van der Waals surface area contributed by atoms with E-state index in [1.807, 2.05) is 0 Å². The van der Waals surface area contributed by atoms with E-state index in [1.165, 1.54) is 6.20 Å². The molecule has 0 unspecified atom stereocenters. The van der Waals surface area contributed by atoms with Gasteiger partial charge in [-0.1, -0.05) is 0 Å². The molecule has 0 heterocycles. The van der Waals surface area contributed by atoms with Gasteiger partial charge in [0, 0.05) is 12.4 Å². The summed E-state index contributed by atoms with van der Waals surface area (Å²) >= 11 is 0. The Hall–Kier alpha value is -1.12. The maximum absolute atomic E-state index is 6.59. The fraction of sp³-hybridized carbons (Fsp3) is 0.200. The van der Waals surface area contributed by atoms with Gasteiger partial charge in [0.25, 0.3) is 0 Å². The van der Waals surface area contributed by atoms with Gasteiger partial charge in [0.1, 0.15) is 0 Å². The quantitative estimate of drug-likeness (QED) is 0.501. The average molecular weight is 111 g/mol. The van der Waals surface area contributed by atoms with Gasteiger partial charge < -0.3 is 11.1 Å². The molecule has 0 aliphatic carbocycles. The Morgan fingerprint density at radius 2 is 2.38 bits per heavy atom. The molecule has 0 aromatic carbocycles. The van der Waals surface area contributed by atoms with Crippen molar-refractivity contribution in [2.45, 2.75) is 6.92 Å². The zero-order valence-electron chi connectivity index (χ0n) is 4.76. The summed E-state index contributed by atoms with van der Waals surface area (Å²) in [5, 5.41) is 6.59. The Morgan fingerprint density at radius 1 is 1.75 bits per heavy atom. The lowest BCUT2D eigenvalue weighted by Gasteiger charge is -1.81. The lowest BCUT2D eigenvalue weighted by molar-refractivity contribution is 1.39. The molecule has 44 valence electrons. The highest BCUT2D eigenvalue weighted by Gasteiger charge is 1.73. The second-order valence-corrected chi connectivity index (χ2v) is 1.18. The fourth-order valence-electron chi connectivity index (χ4n) is 0.198. The summed E-state index contributed by atoms with van der Waals surface area (Å²) in [4.78, 5) is 3.68. The van der Waals surface area contributed by atoms with E-state index in [0.717, 1.165) is 6.21 Å². The van der Waals surface area contributed by atoms with Crippen LogP contribution in [0.5, 0.6) is 0 Å². The maximum atomic E-state index is 6.59.